The van der Waals surface area contributed by atoms with Gasteiger partial charge in [0.05, 0.1) is 6.10 Å². The van der Waals surface area contributed by atoms with E-state index in [2.05, 4.69) is 0 Å². The highest BCUT2D eigenvalue weighted by atomic mass is 16.6. The molecule has 1 atom stereocenters. The van der Waals surface area contributed by atoms with E-state index >= 15 is 0 Å². The number of carbonyl (C=O) groups is 1. The SMILES string of the molecule is O=C(CCc1ccccc1)OC[C@H]1CCCO1. The van der Waals surface area contributed by atoms with Crippen molar-refractivity contribution in [3.63, 3.8) is 0 Å². The summed E-state index contributed by atoms with van der Waals surface area (Å²) in [5, 5.41) is 0. The molecule has 92 valence electrons. The summed E-state index contributed by atoms with van der Waals surface area (Å²) in [7, 11) is 0. The first kappa shape index (κ1) is 12.1. The van der Waals surface area contributed by atoms with Crippen LogP contribution in [-0.4, -0.2) is 25.3 Å². The van der Waals surface area contributed by atoms with Crippen molar-refractivity contribution in [1.82, 2.24) is 0 Å². The molecule has 0 amide bonds. The second-order valence-electron chi connectivity index (χ2n) is 4.30. The molecule has 0 radical (unpaired) electrons. The minimum absolute atomic E-state index is 0.121. The van der Waals surface area contributed by atoms with Gasteiger partial charge in [-0.2, -0.15) is 0 Å². The third-order valence-electron chi connectivity index (χ3n) is 2.91. The zero-order chi connectivity index (χ0) is 11.9. The Morgan fingerprint density at radius 3 is 2.88 bits per heavy atom. The molecule has 1 saturated heterocycles. The molecule has 17 heavy (non-hydrogen) atoms. The maximum Gasteiger partial charge on any atom is 0.306 e. The normalized spacial score (nSPS) is 19.2. The fourth-order valence-corrected chi connectivity index (χ4v) is 1.92. The summed E-state index contributed by atoms with van der Waals surface area (Å²) in [4.78, 5) is 11.5. The topological polar surface area (TPSA) is 35.5 Å². The predicted molar refractivity (Wildman–Crippen MR) is 64.7 cm³/mol. The molecule has 0 unspecified atom stereocenters. The van der Waals surface area contributed by atoms with Crippen LogP contribution < -0.4 is 0 Å². The van der Waals surface area contributed by atoms with Crippen LogP contribution in [0, 0.1) is 0 Å². The van der Waals surface area contributed by atoms with Crippen molar-refractivity contribution in [3.05, 3.63) is 35.9 Å². The van der Waals surface area contributed by atoms with Crippen LogP contribution in [0.4, 0.5) is 0 Å². The fourth-order valence-electron chi connectivity index (χ4n) is 1.92. The van der Waals surface area contributed by atoms with E-state index in [0.29, 0.717) is 13.0 Å². The van der Waals surface area contributed by atoms with E-state index in [0.717, 1.165) is 25.9 Å². The summed E-state index contributed by atoms with van der Waals surface area (Å²) in [5.41, 5.74) is 1.17. The van der Waals surface area contributed by atoms with E-state index in [1.165, 1.54) is 5.56 Å². The van der Waals surface area contributed by atoms with E-state index in [4.69, 9.17) is 9.47 Å². The van der Waals surface area contributed by atoms with Crippen LogP contribution >= 0.6 is 0 Å². The Labute approximate surface area is 102 Å². The van der Waals surface area contributed by atoms with Gasteiger partial charge in [-0.15, -0.1) is 0 Å². The average Bonchev–Trinajstić information content (AvgIpc) is 2.88. The molecule has 3 heteroatoms. The molecule has 0 N–H and O–H groups in total. The molecule has 0 saturated carbocycles. The molecule has 1 aromatic rings. The van der Waals surface area contributed by atoms with Gasteiger partial charge < -0.3 is 9.47 Å². The third-order valence-corrected chi connectivity index (χ3v) is 2.91. The largest absolute Gasteiger partial charge is 0.463 e. The lowest BCUT2D eigenvalue weighted by molar-refractivity contribution is -0.146. The molecule has 2 rings (SSSR count). The molecule has 0 aromatic heterocycles. The Kier molecular flexibility index (Phi) is 4.56. The molecule has 3 nitrogen and oxygen atoms in total. The highest BCUT2D eigenvalue weighted by Gasteiger charge is 2.17. The first-order valence-electron chi connectivity index (χ1n) is 6.16. The van der Waals surface area contributed by atoms with Gasteiger partial charge in [-0.05, 0) is 24.8 Å². The van der Waals surface area contributed by atoms with Crippen LogP contribution in [0.25, 0.3) is 0 Å². The maximum absolute atomic E-state index is 11.5. The van der Waals surface area contributed by atoms with Gasteiger partial charge in [-0.3, -0.25) is 4.79 Å². The fraction of sp³-hybridized carbons (Fsp3) is 0.500. The van der Waals surface area contributed by atoms with Gasteiger partial charge in [0.15, 0.2) is 0 Å². The second kappa shape index (κ2) is 6.40. The Morgan fingerprint density at radius 1 is 1.35 bits per heavy atom. The minimum Gasteiger partial charge on any atom is -0.463 e. The number of carbonyl (C=O) groups excluding carboxylic acids is 1. The van der Waals surface area contributed by atoms with Crippen molar-refractivity contribution in [2.24, 2.45) is 0 Å². The van der Waals surface area contributed by atoms with Crippen LogP contribution in [-0.2, 0) is 20.7 Å². The maximum atomic E-state index is 11.5. The lowest BCUT2D eigenvalue weighted by Crippen LogP contribution is -2.18. The first-order chi connectivity index (χ1) is 8.34. The van der Waals surface area contributed by atoms with Gasteiger partial charge in [0.1, 0.15) is 6.61 Å². The Balaban J connectivity index is 1.64. The van der Waals surface area contributed by atoms with E-state index in [1.54, 1.807) is 0 Å². The molecule has 0 spiro atoms. The minimum atomic E-state index is -0.135. The first-order valence-corrected chi connectivity index (χ1v) is 6.16. The van der Waals surface area contributed by atoms with E-state index in [1.807, 2.05) is 30.3 Å². The summed E-state index contributed by atoms with van der Waals surface area (Å²) in [5.74, 6) is -0.135. The van der Waals surface area contributed by atoms with Gasteiger partial charge >= 0.3 is 5.97 Å². The smallest absolute Gasteiger partial charge is 0.306 e. The Hall–Kier alpha value is -1.35. The highest BCUT2D eigenvalue weighted by Crippen LogP contribution is 2.12. The van der Waals surface area contributed by atoms with Crippen LogP contribution in [0.1, 0.15) is 24.8 Å². The van der Waals surface area contributed by atoms with Crippen molar-refractivity contribution in [2.75, 3.05) is 13.2 Å². The molecule has 1 fully saturated rings. The zero-order valence-corrected chi connectivity index (χ0v) is 9.93. The summed E-state index contributed by atoms with van der Waals surface area (Å²) >= 11 is 0. The van der Waals surface area contributed by atoms with Crippen molar-refractivity contribution in [2.45, 2.75) is 31.8 Å². The monoisotopic (exact) mass is 234 g/mol. The second-order valence-corrected chi connectivity index (χ2v) is 4.30. The van der Waals surface area contributed by atoms with Crippen LogP contribution in [0.15, 0.2) is 30.3 Å². The van der Waals surface area contributed by atoms with Crippen LogP contribution in [0.2, 0.25) is 0 Å². The molecule has 1 aliphatic heterocycles. The molecular weight excluding hydrogens is 216 g/mol. The van der Waals surface area contributed by atoms with Gasteiger partial charge in [0.2, 0.25) is 0 Å². The highest BCUT2D eigenvalue weighted by molar-refractivity contribution is 5.69. The third kappa shape index (κ3) is 4.19. The van der Waals surface area contributed by atoms with Crippen molar-refractivity contribution < 1.29 is 14.3 Å². The Morgan fingerprint density at radius 2 is 2.18 bits per heavy atom. The van der Waals surface area contributed by atoms with Gasteiger partial charge in [-0.25, -0.2) is 0 Å². The summed E-state index contributed by atoms with van der Waals surface area (Å²) < 4.78 is 10.6. The lowest BCUT2D eigenvalue weighted by atomic mass is 10.1. The number of hydrogen-bond donors (Lipinski definition) is 0. The average molecular weight is 234 g/mol. The number of aryl methyl sites for hydroxylation is 1. The number of ether oxygens (including phenoxy) is 2. The van der Waals surface area contributed by atoms with Gasteiger partial charge in [0, 0.05) is 13.0 Å². The standard InChI is InChI=1S/C14H18O3/c15-14(17-11-13-7-4-10-16-13)9-8-12-5-2-1-3-6-12/h1-3,5-6,13H,4,7-11H2/t13-/m1/s1. The number of rotatable bonds is 5. The van der Waals surface area contributed by atoms with Crippen LogP contribution in [0.5, 0.6) is 0 Å². The van der Waals surface area contributed by atoms with E-state index < -0.39 is 0 Å². The predicted octanol–water partition coefficient (Wildman–Crippen LogP) is 2.34. The molecule has 1 aliphatic rings. The summed E-state index contributed by atoms with van der Waals surface area (Å²) in [6, 6.07) is 9.97. The molecular formula is C14H18O3. The van der Waals surface area contributed by atoms with Gasteiger partial charge in [-0.1, -0.05) is 30.3 Å². The summed E-state index contributed by atoms with van der Waals surface area (Å²) in [6.07, 6.45) is 3.39. The molecule has 0 aliphatic carbocycles. The van der Waals surface area contributed by atoms with Crippen molar-refractivity contribution >= 4 is 5.97 Å². The Bertz CT molecular complexity index is 342. The summed E-state index contributed by atoms with van der Waals surface area (Å²) in [6.45, 7) is 1.21. The number of hydrogen-bond acceptors (Lipinski definition) is 3. The van der Waals surface area contributed by atoms with Gasteiger partial charge in [0.25, 0.3) is 0 Å². The zero-order valence-electron chi connectivity index (χ0n) is 9.93. The van der Waals surface area contributed by atoms with E-state index in [9.17, 15) is 4.79 Å². The molecule has 0 bridgehead atoms. The number of benzene rings is 1. The quantitative estimate of drug-likeness (QED) is 0.734. The molecule has 1 heterocycles. The van der Waals surface area contributed by atoms with Crippen molar-refractivity contribution in [1.29, 1.82) is 0 Å². The van der Waals surface area contributed by atoms with Crippen molar-refractivity contribution in [3.8, 4) is 0 Å². The molecule has 1 aromatic carbocycles. The lowest BCUT2D eigenvalue weighted by Gasteiger charge is -2.10. The number of esters is 1. The van der Waals surface area contributed by atoms with Crippen LogP contribution in [0.3, 0.4) is 0 Å². The van der Waals surface area contributed by atoms with E-state index in [-0.39, 0.29) is 12.1 Å².